The zero-order valence-electron chi connectivity index (χ0n) is 11.5. The summed E-state index contributed by atoms with van der Waals surface area (Å²) in [5.41, 5.74) is -0.625. The maximum atomic E-state index is 11.4. The Hall–Kier alpha value is -0.610. The first-order chi connectivity index (χ1) is 8.66. The minimum atomic E-state index is -0.625. The predicted molar refractivity (Wildman–Crippen MR) is 71.4 cm³/mol. The molecule has 0 unspecified atom stereocenters. The van der Waals surface area contributed by atoms with Gasteiger partial charge in [-0.05, 0) is 19.3 Å². The summed E-state index contributed by atoms with van der Waals surface area (Å²) in [6.07, 6.45) is 8.20. The standard InChI is InChI=1S/C14H27NO3/c1-2-3-10-18-13(16)11-15-12-14(17)8-6-4-5-7-9-14/h15,17H,2-12H2,1H3. The summed E-state index contributed by atoms with van der Waals surface area (Å²) in [5.74, 6) is -0.222. The third kappa shape index (κ3) is 6.36. The summed E-state index contributed by atoms with van der Waals surface area (Å²) in [5, 5.41) is 13.4. The molecule has 1 aliphatic rings. The molecule has 0 aromatic heterocycles. The monoisotopic (exact) mass is 257 g/mol. The van der Waals surface area contributed by atoms with E-state index in [-0.39, 0.29) is 12.5 Å². The largest absolute Gasteiger partial charge is 0.465 e. The molecule has 4 nitrogen and oxygen atoms in total. The average Bonchev–Trinajstić information content (AvgIpc) is 2.55. The quantitative estimate of drug-likeness (QED) is 0.416. The van der Waals surface area contributed by atoms with Gasteiger partial charge in [0.25, 0.3) is 0 Å². The lowest BCUT2D eigenvalue weighted by molar-refractivity contribution is -0.142. The Morgan fingerprint density at radius 2 is 1.94 bits per heavy atom. The van der Waals surface area contributed by atoms with Crippen LogP contribution in [0.1, 0.15) is 58.3 Å². The van der Waals surface area contributed by atoms with Gasteiger partial charge in [0.05, 0.1) is 18.8 Å². The molecule has 4 heteroatoms. The highest BCUT2D eigenvalue weighted by molar-refractivity contribution is 5.71. The van der Waals surface area contributed by atoms with Crippen molar-refractivity contribution in [1.82, 2.24) is 5.32 Å². The Balaban J connectivity index is 2.13. The maximum Gasteiger partial charge on any atom is 0.319 e. The normalized spacial score (nSPS) is 19.2. The summed E-state index contributed by atoms with van der Waals surface area (Å²) in [6.45, 7) is 3.26. The van der Waals surface area contributed by atoms with Crippen molar-refractivity contribution in [3.8, 4) is 0 Å². The van der Waals surface area contributed by atoms with Gasteiger partial charge in [-0.2, -0.15) is 0 Å². The van der Waals surface area contributed by atoms with E-state index in [4.69, 9.17) is 4.74 Å². The maximum absolute atomic E-state index is 11.4. The molecule has 0 aliphatic heterocycles. The van der Waals surface area contributed by atoms with Crippen LogP contribution < -0.4 is 5.32 Å². The lowest BCUT2D eigenvalue weighted by atomic mass is 9.94. The Morgan fingerprint density at radius 1 is 1.28 bits per heavy atom. The number of hydrogen-bond acceptors (Lipinski definition) is 4. The van der Waals surface area contributed by atoms with Crippen LogP contribution in [-0.4, -0.2) is 36.4 Å². The van der Waals surface area contributed by atoms with Crippen molar-refractivity contribution in [3.63, 3.8) is 0 Å². The molecule has 106 valence electrons. The molecule has 1 fully saturated rings. The molecule has 2 N–H and O–H groups in total. The second kappa shape index (κ2) is 8.48. The molecule has 1 aliphatic carbocycles. The van der Waals surface area contributed by atoms with Gasteiger partial charge in [-0.15, -0.1) is 0 Å². The van der Waals surface area contributed by atoms with Crippen molar-refractivity contribution in [3.05, 3.63) is 0 Å². The number of aliphatic hydroxyl groups is 1. The van der Waals surface area contributed by atoms with E-state index in [0.717, 1.165) is 38.5 Å². The van der Waals surface area contributed by atoms with Gasteiger partial charge in [0.15, 0.2) is 0 Å². The topological polar surface area (TPSA) is 58.6 Å². The number of unbranched alkanes of at least 4 members (excludes halogenated alkanes) is 1. The van der Waals surface area contributed by atoms with Gasteiger partial charge in [0.1, 0.15) is 0 Å². The SMILES string of the molecule is CCCCOC(=O)CNCC1(O)CCCCCC1. The molecule has 0 amide bonds. The van der Waals surface area contributed by atoms with Gasteiger partial charge in [-0.3, -0.25) is 4.79 Å². The number of carbonyl (C=O) groups is 1. The number of carbonyl (C=O) groups excluding carboxylic acids is 1. The molecular weight excluding hydrogens is 230 g/mol. The van der Waals surface area contributed by atoms with E-state index in [1.54, 1.807) is 0 Å². The summed E-state index contributed by atoms with van der Waals surface area (Å²) in [6, 6.07) is 0. The zero-order valence-corrected chi connectivity index (χ0v) is 11.5. The van der Waals surface area contributed by atoms with Gasteiger partial charge in [0.2, 0.25) is 0 Å². The minimum absolute atomic E-state index is 0.200. The minimum Gasteiger partial charge on any atom is -0.465 e. The Bertz CT molecular complexity index is 235. The molecule has 0 aromatic rings. The van der Waals surface area contributed by atoms with Crippen molar-refractivity contribution < 1.29 is 14.6 Å². The van der Waals surface area contributed by atoms with Crippen LogP contribution >= 0.6 is 0 Å². The third-order valence-corrected chi connectivity index (χ3v) is 3.52. The molecule has 0 spiro atoms. The summed E-state index contributed by atoms with van der Waals surface area (Å²) in [7, 11) is 0. The molecule has 1 rings (SSSR count). The smallest absolute Gasteiger partial charge is 0.319 e. The number of rotatable bonds is 7. The lowest BCUT2D eigenvalue weighted by Gasteiger charge is -2.26. The fourth-order valence-corrected chi connectivity index (χ4v) is 2.34. The number of esters is 1. The van der Waals surface area contributed by atoms with E-state index in [2.05, 4.69) is 12.2 Å². The summed E-state index contributed by atoms with van der Waals surface area (Å²) in [4.78, 5) is 11.4. The molecule has 0 saturated heterocycles. The van der Waals surface area contributed by atoms with Crippen molar-refractivity contribution in [1.29, 1.82) is 0 Å². The van der Waals surface area contributed by atoms with Gasteiger partial charge in [-0.1, -0.05) is 39.0 Å². The molecular formula is C14H27NO3. The fraction of sp³-hybridized carbons (Fsp3) is 0.929. The summed E-state index contributed by atoms with van der Waals surface area (Å²) >= 11 is 0. The predicted octanol–water partition coefficient (Wildman–Crippen LogP) is 2.00. The van der Waals surface area contributed by atoms with Crippen LogP contribution in [0.15, 0.2) is 0 Å². The highest BCUT2D eigenvalue weighted by atomic mass is 16.5. The molecule has 0 aromatic carbocycles. The zero-order chi connectivity index (χ0) is 13.3. The first-order valence-electron chi connectivity index (χ1n) is 7.25. The first-order valence-corrected chi connectivity index (χ1v) is 7.25. The van der Waals surface area contributed by atoms with E-state index in [1.807, 2.05) is 0 Å². The summed E-state index contributed by atoms with van der Waals surface area (Å²) < 4.78 is 5.05. The second-order valence-corrected chi connectivity index (χ2v) is 5.32. The molecule has 0 radical (unpaired) electrons. The van der Waals surface area contributed by atoms with Crippen LogP contribution in [0.5, 0.6) is 0 Å². The first kappa shape index (κ1) is 15.4. The molecule has 0 atom stereocenters. The lowest BCUT2D eigenvalue weighted by Crippen LogP contribution is -2.42. The third-order valence-electron chi connectivity index (χ3n) is 3.52. The van der Waals surface area contributed by atoms with E-state index in [9.17, 15) is 9.90 Å². The van der Waals surface area contributed by atoms with E-state index in [1.165, 1.54) is 12.8 Å². The van der Waals surface area contributed by atoms with Crippen LogP contribution in [0.2, 0.25) is 0 Å². The van der Waals surface area contributed by atoms with Crippen LogP contribution in [0, 0.1) is 0 Å². The van der Waals surface area contributed by atoms with Gasteiger partial charge in [-0.25, -0.2) is 0 Å². The van der Waals surface area contributed by atoms with Crippen LogP contribution in [0.4, 0.5) is 0 Å². The Kier molecular flexibility index (Phi) is 7.28. The highest BCUT2D eigenvalue weighted by Gasteiger charge is 2.27. The van der Waals surface area contributed by atoms with Crippen molar-refractivity contribution in [2.45, 2.75) is 63.9 Å². The van der Waals surface area contributed by atoms with Gasteiger partial charge >= 0.3 is 5.97 Å². The van der Waals surface area contributed by atoms with Gasteiger partial charge < -0.3 is 15.2 Å². The van der Waals surface area contributed by atoms with Gasteiger partial charge in [0, 0.05) is 6.54 Å². The second-order valence-electron chi connectivity index (χ2n) is 5.32. The number of ether oxygens (including phenoxy) is 1. The van der Waals surface area contributed by atoms with Crippen molar-refractivity contribution in [2.24, 2.45) is 0 Å². The van der Waals surface area contributed by atoms with Crippen LogP contribution in [-0.2, 0) is 9.53 Å². The van der Waals surface area contributed by atoms with E-state index in [0.29, 0.717) is 13.2 Å². The number of nitrogens with one attached hydrogen (secondary N) is 1. The molecule has 18 heavy (non-hydrogen) atoms. The average molecular weight is 257 g/mol. The van der Waals surface area contributed by atoms with E-state index >= 15 is 0 Å². The molecule has 0 bridgehead atoms. The van der Waals surface area contributed by atoms with Crippen molar-refractivity contribution in [2.75, 3.05) is 19.7 Å². The Labute approximate surface area is 110 Å². The van der Waals surface area contributed by atoms with Crippen LogP contribution in [0.3, 0.4) is 0 Å². The number of hydrogen-bond donors (Lipinski definition) is 2. The molecule has 0 heterocycles. The highest BCUT2D eigenvalue weighted by Crippen LogP contribution is 2.26. The van der Waals surface area contributed by atoms with Crippen LogP contribution in [0.25, 0.3) is 0 Å². The Morgan fingerprint density at radius 3 is 2.56 bits per heavy atom. The fourth-order valence-electron chi connectivity index (χ4n) is 2.34. The van der Waals surface area contributed by atoms with E-state index < -0.39 is 5.60 Å². The molecule has 1 saturated carbocycles. The van der Waals surface area contributed by atoms with Crippen molar-refractivity contribution >= 4 is 5.97 Å².